The fourth-order valence-corrected chi connectivity index (χ4v) is 9.55. The van der Waals surface area contributed by atoms with Crippen molar-refractivity contribution >= 4 is 13.7 Å². The first-order valence-electron chi connectivity index (χ1n) is 27.7. The number of hydrogen-bond acceptors (Lipinski definition) is 6. The Kier molecular flexibility index (Phi) is 49.5. The molecule has 5 N–H and O–H groups in total. The van der Waals surface area contributed by atoms with E-state index in [0.29, 0.717) is 12.8 Å². The fraction of sp³-hybridized carbons (Fsp3) is 0.981. The smallest absolute Gasteiger partial charge is 0.391 e. The Labute approximate surface area is 386 Å². The van der Waals surface area contributed by atoms with Gasteiger partial charge in [0.2, 0.25) is 5.91 Å². The molecule has 1 amide bonds. The molecule has 0 rings (SSSR count). The molecule has 0 bridgehead atoms. The lowest BCUT2D eigenvalue weighted by molar-refractivity contribution is -0.123. The number of nitrogens with one attached hydrogen (secondary N) is 1. The van der Waals surface area contributed by atoms with E-state index in [0.717, 1.165) is 38.5 Å². The van der Waals surface area contributed by atoms with Gasteiger partial charge in [0.15, 0.2) is 0 Å². The van der Waals surface area contributed by atoms with Gasteiger partial charge in [-0.3, -0.25) is 13.8 Å². The molecule has 0 aliphatic carbocycles. The summed E-state index contributed by atoms with van der Waals surface area (Å²) in [4.78, 5) is 22.8. The van der Waals surface area contributed by atoms with E-state index in [4.69, 9.17) is 14.8 Å². The average molecular weight is 901 g/mol. The van der Waals surface area contributed by atoms with E-state index in [1.807, 2.05) is 0 Å². The third kappa shape index (κ3) is 47.5. The summed E-state index contributed by atoms with van der Waals surface area (Å²) in [5, 5.41) is 13.9. The number of hydrogen-bond donors (Lipinski definition) is 4. The summed E-state index contributed by atoms with van der Waals surface area (Å²) in [5.41, 5.74) is 5.40. The number of rotatable bonds is 53. The topological polar surface area (TPSA) is 131 Å². The first-order chi connectivity index (χ1) is 30.4. The Balaban J connectivity index is 3.81. The van der Waals surface area contributed by atoms with Crippen LogP contribution >= 0.6 is 7.82 Å². The van der Waals surface area contributed by atoms with Gasteiger partial charge < -0.3 is 21.1 Å². The summed E-state index contributed by atoms with van der Waals surface area (Å²) in [5.74, 6) is -0.154. The molecule has 0 spiro atoms. The number of carbonyl (C=O) groups excluding carboxylic acids is 1. The van der Waals surface area contributed by atoms with Gasteiger partial charge in [-0.15, -0.1) is 0 Å². The highest BCUT2D eigenvalue weighted by atomic mass is 31.2. The molecule has 0 aliphatic rings. The van der Waals surface area contributed by atoms with Crippen molar-refractivity contribution in [2.75, 3.05) is 19.8 Å². The van der Waals surface area contributed by atoms with E-state index in [2.05, 4.69) is 19.2 Å². The number of aliphatic hydroxyl groups excluding tert-OH is 1. The Hall–Kier alpha value is -0.500. The average Bonchev–Trinajstić information content (AvgIpc) is 3.26. The molecular formula is C53H109N2O6P. The number of aliphatic hydroxyl groups is 1. The molecule has 0 aromatic rings. The molecule has 0 aliphatic heterocycles. The van der Waals surface area contributed by atoms with Crippen molar-refractivity contribution in [1.82, 2.24) is 5.32 Å². The molecule has 0 saturated carbocycles. The Morgan fingerprint density at radius 2 is 0.742 bits per heavy atom. The van der Waals surface area contributed by atoms with Gasteiger partial charge in [0, 0.05) is 13.0 Å². The lowest BCUT2D eigenvalue weighted by Crippen LogP contribution is -2.46. The second-order valence-corrected chi connectivity index (χ2v) is 20.6. The standard InChI is InChI=1S/C53H109N2O6P/c1-3-5-7-9-11-13-15-17-18-19-20-21-22-23-24-25-26-27-28-29-30-31-32-33-35-37-39-41-43-45-47-53(57)55-51(50-61-62(58,59)60-49-48-54)52(56)46-44-42-40-38-36-34-16-14-12-10-8-6-4-2/h51-52,56H,3-50,54H2,1-2H3,(H,55,57)(H,58,59)/t51-,52+/m0/s1. The third-order valence-corrected chi connectivity index (χ3v) is 13.9. The van der Waals surface area contributed by atoms with Crippen LogP contribution in [0.4, 0.5) is 0 Å². The van der Waals surface area contributed by atoms with Crippen molar-refractivity contribution < 1.29 is 28.4 Å². The van der Waals surface area contributed by atoms with E-state index in [9.17, 15) is 19.4 Å². The zero-order valence-corrected chi connectivity index (χ0v) is 42.5. The number of carbonyl (C=O) groups is 1. The van der Waals surface area contributed by atoms with Crippen LogP contribution in [0.2, 0.25) is 0 Å². The molecule has 0 aromatic carbocycles. The molecule has 0 heterocycles. The van der Waals surface area contributed by atoms with Gasteiger partial charge in [-0.2, -0.15) is 0 Å². The molecule has 3 atom stereocenters. The van der Waals surface area contributed by atoms with Crippen LogP contribution in [-0.2, 0) is 18.4 Å². The highest BCUT2D eigenvalue weighted by molar-refractivity contribution is 7.47. The van der Waals surface area contributed by atoms with Crippen molar-refractivity contribution in [3.8, 4) is 0 Å². The predicted molar refractivity (Wildman–Crippen MR) is 268 cm³/mol. The van der Waals surface area contributed by atoms with Crippen LogP contribution < -0.4 is 11.1 Å². The summed E-state index contributed by atoms with van der Waals surface area (Å²) in [7, 11) is -4.31. The van der Waals surface area contributed by atoms with Crippen molar-refractivity contribution in [2.45, 2.75) is 315 Å². The highest BCUT2D eigenvalue weighted by Gasteiger charge is 2.27. The maximum absolute atomic E-state index is 12.8. The second kappa shape index (κ2) is 49.9. The number of phosphoric ester groups is 1. The SMILES string of the molecule is CCCCCCCCCCCCCCCCCCCCCCCCCCCCCCCCC(=O)N[C@@H](COP(=O)(O)OCCN)[C@H](O)CCCCCCCCCCCCCCC. The Bertz CT molecular complexity index is 942. The van der Waals surface area contributed by atoms with Crippen LogP contribution in [0.3, 0.4) is 0 Å². The van der Waals surface area contributed by atoms with Crippen molar-refractivity contribution in [3.63, 3.8) is 0 Å². The molecule has 0 aromatic heterocycles. The van der Waals surface area contributed by atoms with Gasteiger partial charge in [0.1, 0.15) is 0 Å². The minimum absolute atomic E-state index is 0.0927. The van der Waals surface area contributed by atoms with Gasteiger partial charge in [0.25, 0.3) is 0 Å². The predicted octanol–water partition coefficient (Wildman–Crippen LogP) is 16.5. The number of unbranched alkanes of at least 4 members (excludes halogenated alkanes) is 41. The summed E-state index contributed by atoms with van der Waals surface area (Å²) >= 11 is 0. The van der Waals surface area contributed by atoms with E-state index in [1.165, 1.54) is 238 Å². The zero-order chi connectivity index (χ0) is 45.3. The maximum atomic E-state index is 12.8. The van der Waals surface area contributed by atoms with E-state index >= 15 is 0 Å². The Morgan fingerprint density at radius 3 is 1.03 bits per heavy atom. The Morgan fingerprint density at radius 1 is 0.468 bits per heavy atom. The van der Waals surface area contributed by atoms with Crippen LogP contribution in [0.5, 0.6) is 0 Å². The van der Waals surface area contributed by atoms with Gasteiger partial charge in [-0.05, 0) is 12.8 Å². The van der Waals surface area contributed by atoms with Gasteiger partial charge >= 0.3 is 7.82 Å². The van der Waals surface area contributed by atoms with Crippen LogP contribution in [0.15, 0.2) is 0 Å². The van der Waals surface area contributed by atoms with Gasteiger partial charge in [-0.25, -0.2) is 4.57 Å². The van der Waals surface area contributed by atoms with E-state index in [-0.39, 0.29) is 25.7 Å². The molecule has 0 fully saturated rings. The lowest BCUT2D eigenvalue weighted by Gasteiger charge is -2.25. The largest absolute Gasteiger partial charge is 0.472 e. The highest BCUT2D eigenvalue weighted by Crippen LogP contribution is 2.43. The number of phosphoric acid groups is 1. The molecule has 1 unspecified atom stereocenters. The second-order valence-electron chi connectivity index (χ2n) is 19.2. The zero-order valence-electron chi connectivity index (χ0n) is 41.6. The quantitative estimate of drug-likeness (QED) is 0.0353. The molecule has 0 saturated heterocycles. The molecule has 8 nitrogen and oxygen atoms in total. The molecule has 0 radical (unpaired) electrons. The first kappa shape index (κ1) is 61.5. The van der Waals surface area contributed by atoms with E-state index < -0.39 is 20.0 Å². The monoisotopic (exact) mass is 901 g/mol. The summed E-state index contributed by atoms with van der Waals surface area (Å²) in [6, 6.07) is -0.768. The molecule has 9 heteroatoms. The van der Waals surface area contributed by atoms with Crippen molar-refractivity contribution in [2.24, 2.45) is 5.73 Å². The molecule has 372 valence electrons. The van der Waals surface area contributed by atoms with Gasteiger partial charge in [0.05, 0.1) is 25.4 Å². The number of nitrogens with two attached hydrogens (primary N) is 1. The van der Waals surface area contributed by atoms with Crippen molar-refractivity contribution in [1.29, 1.82) is 0 Å². The van der Waals surface area contributed by atoms with Crippen LogP contribution in [0, 0.1) is 0 Å². The fourth-order valence-electron chi connectivity index (χ4n) is 8.79. The lowest BCUT2D eigenvalue weighted by atomic mass is 10.0. The summed E-state index contributed by atoms with van der Waals surface area (Å²) in [6.07, 6.45) is 57.3. The maximum Gasteiger partial charge on any atom is 0.472 e. The van der Waals surface area contributed by atoms with Crippen molar-refractivity contribution in [3.05, 3.63) is 0 Å². The minimum atomic E-state index is -4.31. The first-order valence-corrected chi connectivity index (χ1v) is 29.1. The summed E-state index contributed by atoms with van der Waals surface area (Å²) < 4.78 is 22.3. The third-order valence-electron chi connectivity index (χ3n) is 13.0. The number of amides is 1. The van der Waals surface area contributed by atoms with Crippen LogP contribution in [0.1, 0.15) is 303 Å². The molecule has 62 heavy (non-hydrogen) atoms. The van der Waals surface area contributed by atoms with Gasteiger partial charge in [-0.1, -0.05) is 284 Å². The van der Waals surface area contributed by atoms with E-state index in [1.54, 1.807) is 0 Å². The molecular weight excluding hydrogens is 792 g/mol. The van der Waals surface area contributed by atoms with Crippen LogP contribution in [-0.4, -0.2) is 47.8 Å². The normalized spacial score (nSPS) is 13.7. The minimum Gasteiger partial charge on any atom is -0.391 e. The summed E-state index contributed by atoms with van der Waals surface area (Å²) in [6.45, 7) is 4.26. The van der Waals surface area contributed by atoms with Crippen LogP contribution in [0.25, 0.3) is 0 Å².